The number of anilines is 1. The van der Waals surface area contributed by atoms with Crippen LogP contribution in [0.5, 0.6) is 0 Å². The van der Waals surface area contributed by atoms with E-state index in [4.69, 9.17) is 9.73 Å². The number of methoxy groups -OCH3 is 1. The normalized spacial score (nSPS) is 19.5. The maximum absolute atomic E-state index is 13.1. The Balaban J connectivity index is 1.61. The van der Waals surface area contributed by atoms with Gasteiger partial charge in [-0.25, -0.2) is 4.99 Å². The Morgan fingerprint density at radius 3 is 2.60 bits per heavy atom. The summed E-state index contributed by atoms with van der Waals surface area (Å²) in [5.74, 6) is -0.0187. The minimum absolute atomic E-state index is 0.0187. The van der Waals surface area contributed by atoms with Gasteiger partial charge < -0.3 is 9.64 Å². The van der Waals surface area contributed by atoms with Crippen LogP contribution in [0, 0.1) is 6.92 Å². The Kier molecular flexibility index (Phi) is 6.55. The predicted octanol–water partition coefficient (Wildman–Crippen LogP) is 4.85. The number of carbonyl (C=O) groups excluding carboxylic acids is 1. The predicted molar refractivity (Wildman–Crippen MR) is 125 cm³/mol. The summed E-state index contributed by atoms with van der Waals surface area (Å²) in [5.41, 5.74) is 4.35. The first-order chi connectivity index (χ1) is 14.7. The molecule has 0 radical (unpaired) electrons. The zero-order valence-corrected chi connectivity index (χ0v) is 18.3. The molecule has 2 aromatic carbocycles. The number of carbonyl (C=O) groups is 1. The monoisotopic (exact) mass is 421 g/mol. The average molecular weight is 422 g/mol. The molecule has 0 spiro atoms. The van der Waals surface area contributed by atoms with Crippen LogP contribution in [0.15, 0.2) is 58.4 Å². The third-order valence-corrected chi connectivity index (χ3v) is 6.41. The van der Waals surface area contributed by atoms with Crippen molar-refractivity contribution in [1.29, 1.82) is 0 Å². The van der Waals surface area contributed by atoms with E-state index in [0.29, 0.717) is 23.2 Å². The van der Waals surface area contributed by atoms with Gasteiger partial charge in [-0.3, -0.25) is 9.69 Å². The molecule has 0 aliphatic carbocycles. The second-order valence-electron chi connectivity index (χ2n) is 7.53. The highest BCUT2D eigenvalue weighted by molar-refractivity contribution is 8.18. The van der Waals surface area contributed by atoms with Crippen molar-refractivity contribution in [1.82, 2.24) is 4.90 Å². The van der Waals surface area contributed by atoms with Crippen LogP contribution in [0.3, 0.4) is 0 Å². The molecule has 0 atom stereocenters. The summed E-state index contributed by atoms with van der Waals surface area (Å²) >= 11 is 1.43. The third kappa shape index (κ3) is 4.60. The summed E-state index contributed by atoms with van der Waals surface area (Å²) in [7, 11) is 1.64. The van der Waals surface area contributed by atoms with Gasteiger partial charge in [0.25, 0.3) is 5.91 Å². The quantitative estimate of drug-likeness (QED) is 0.626. The summed E-state index contributed by atoms with van der Waals surface area (Å²) in [6.45, 7) is 5.32. The number of amides is 1. The van der Waals surface area contributed by atoms with Crippen molar-refractivity contribution in [2.24, 2.45) is 4.99 Å². The van der Waals surface area contributed by atoms with Crippen LogP contribution in [-0.2, 0) is 9.53 Å². The summed E-state index contributed by atoms with van der Waals surface area (Å²) in [5, 5.41) is 0.695. The summed E-state index contributed by atoms with van der Waals surface area (Å²) in [6, 6.07) is 16.2. The van der Waals surface area contributed by atoms with Gasteiger partial charge in [0.2, 0.25) is 0 Å². The molecule has 30 heavy (non-hydrogen) atoms. The summed E-state index contributed by atoms with van der Waals surface area (Å²) < 4.78 is 5.20. The van der Waals surface area contributed by atoms with Gasteiger partial charge in [0, 0.05) is 25.9 Å². The first kappa shape index (κ1) is 20.7. The highest BCUT2D eigenvalue weighted by atomic mass is 32.2. The first-order valence-corrected chi connectivity index (χ1v) is 11.2. The number of aliphatic imine (C=N–C) groups is 1. The fourth-order valence-electron chi connectivity index (χ4n) is 3.72. The average Bonchev–Trinajstić information content (AvgIpc) is 3.38. The van der Waals surface area contributed by atoms with Gasteiger partial charge >= 0.3 is 0 Å². The van der Waals surface area contributed by atoms with E-state index >= 15 is 0 Å². The summed E-state index contributed by atoms with van der Waals surface area (Å²) in [6.07, 6.45) is 4.51. The number of hydrogen-bond donors (Lipinski definition) is 0. The van der Waals surface area contributed by atoms with E-state index < -0.39 is 0 Å². The molecule has 2 heterocycles. The Labute approximate surface area is 182 Å². The fourth-order valence-corrected chi connectivity index (χ4v) is 4.73. The number of rotatable bonds is 6. The number of ether oxygens (including phenoxy) is 1. The van der Waals surface area contributed by atoms with Gasteiger partial charge in [0.15, 0.2) is 5.17 Å². The molecule has 0 bridgehead atoms. The molecule has 2 aromatic rings. The maximum Gasteiger partial charge on any atom is 0.266 e. The van der Waals surface area contributed by atoms with Crippen LogP contribution in [-0.4, -0.2) is 49.3 Å². The molecule has 4 rings (SSSR count). The van der Waals surface area contributed by atoms with E-state index in [1.165, 1.54) is 35.9 Å². The lowest BCUT2D eigenvalue weighted by molar-refractivity contribution is -0.122. The zero-order chi connectivity index (χ0) is 20.9. The number of thioether (sulfide) groups is 1. The lowest BCUT2D eigenvalue weighted by Gasteiger charge is -2.18. The molecule has 2 fully saturated rings. The largest absolute Gasteiger partial charge is 0.383 e. The van der Waals surface area contributed by atoms with Crippen molar-refractivity contribution in [3.8, 4) is 0 Å². The zero-order valence-electron chi connectivity index (χ0n) is 17.5. The molecule has 2 aliphatic rings. The minimum atomic E-state index is -0.0187. The molecule has 156 valence electrons. The molecule has 0 saturated carbocycles. The van der Waals surface area contributed by atoms with Crippen LogP contribution in [0.1, 0.15) is 24.0 Å². The second kappa shape index (κ2) is 9.49. The van der Waals surface area contributed by atoms with Crippen molar-refractivity contribution in [2.75, 3.05) is 38.3 Å². The highest BCUT2D eigenvalue weighted by Crippen LogP contribution is 2.35. The van der Waals surface area contributed by atoms with Crippen LogP contribution < -0.4 is 4.90 Å². The lowest BCUT2D eigenvalue weighted by Crippen LogP contribution is -2.32. The molecule has 0 N–H and O–H groups in total. The number of hydrogen-bond acceptors (Lipinski definition) is 5. The number of benzene rings is 2. The molecular formula is C24H27N3O2S. The molecule has 5 nitrogen and oxygen atoms in total. The Morgan fingerprint density at radius 2 is 1.90 bits per heavy atom. The Bertz CT molecular complexity index is 966. The number of aryl methyl sites for hydroxylation is 1. The van der Waals surface area contributed by atoms with E-state index in [1.807, 2.05) is 36.4 Å². The minimum Gasteiger partial charge on any atom is -0.383 e. The Morgan fingerprint density at radius 1 is 1.13 bits per heavy atom. The number of amidine groups is 1. The number of para-hydroxylation sites is 1. The van der Waals surface area contributed by atoms with Crippen molar-refractivity contribution in [3.63, 3.8) is 0 Å². The van der Waals surface area contributed by atoms with Crippen molar-refractivity contribution >= 4 is 40.3 Å². The SMILES string of the molecule is COCCN1C(=O)/C(=C/c2ccc(N3CCCC3)cc2C)SC1=Nc1ccccc1. The van der Waals surface area contributed by atoms with Crippen LogP contribution in [0.4, 0.5) is 11.4 Å². The van der Waals surface area contributed by atoms with Gasteiger partial charge in [-0.2, -0.15) is 0 Å². The van der Waals surface area contributed by atoms with E-state index in [0.717, 1.165) is 24.3 Å². The van der Waals surface area contributed by atoms with Crippen LogP contribution in [0.2, 0.25) is 0 Å². The molecule has 1 amide bonds. The van der Waals surface area contributed by atoms with Crippen LogP contribution >= 0.6 is 11.8 Å². The van der Waals surface area contributed by atoms with Gasteiger partial charge in [-0.05, 0) is 73.0 Å². The topological polar surface area (TPSA) is 45.1 Å². The third-order valence-electron chi connectivity index (χ3n) is 5.40. The van der Waals surface area contributed by atoms with Crippen LogP contribution in [0.25, 0.3) is 6.08 Å². The van der Waals surface area contributed by atoms with E-state index in [1.54, 1.807) is 12.0 Å². The van der Waals surface area contributed by atoms with Gasteiger partial charge in [-0.1, -0.05) is 24.3 Å². The fraction of sp³-hybridized carbons (Fsp3) is 0.333. The smallest absolute Gasteiger partial charge is 0.266 e. The highest BCUT2D eigenvalue weighted by Gasteiger charge is 2.33. The molecule has 2 saturated heterocycles. The van der Waals surface area contributed by atoms with E-state index in [2.05, 4.69) is 30.0 Å². The Hall–Kier alpha value is -2.57. The maximum atomic E-state index is 13.1. The van der Waals surface area contributed by atoms with E-state index in [-0.39, 0.29) is 5.91 Å². The van der Waals surface area contributed by atoms with Gasteiger partial charge in [0.05, 0.1) is 23.7 Å². The summed E-state index contributed by atoms with van der Waals surface area (Å²) in [4.78, 5) is 22.6. The molecule has 0 aromatic heterocycles. The van der Waals surface area contributed by atoms with E-state index in [9.17, 15) is 4.79 Å². The van der Waals surface area contributed by atoms with Gasteiger partial charge in [0.1, 0.15) is 0 Å². The molecule has 6 heteroatoms. The molecule has 0 unspecified atom stereocenters. The second-order valence-corrected chi connectivity index (χ2v) is 8.53. The first-order valence-electron chi connectivity index (χ1n) is 10.4. The molecular weight excluding hydrogens is 394 g/mol. The van der Waals surface area contributed by atoms with Gasteiger partial charge in [-0.15, -0.1) is 0 Å². The lowest BCUT2D eigenvalue weighted by atomic mass is 10.1. The van der Waals surface area contributed by atoms with Crippen molar-refractivity contribution < 1.29 is 9.53 Å². The van der Waals surface area contributed by atoms with Crippen molar-refractivity contribution in [2.45, 2.75) is 19.8 Å². The van der Waals surface area contributed by atoms with Crippen molar-refractivity contribution in [3.05, 3.63) is 64.6 Å². The standard InChI is InChI=1S/C24H27N3O2S/c1-18-16-21(26-12-6-7-13-26)11-10-19(18)17-22-23(28)27(14-15-29-2)24(30-22)25-20-8-4-3-5-9-20/h3-5,8-11,16-17H,6-7,12-15H2,1-2H3/b22-17-,25-24?. The molecule has 2 aliphatic heterocycles. The number of nitrogens with zero attached hydrogens (tertiary/aromatic N) is 3.